The van der Waals surface area contributed by atoms with Crippen molar-refractivity contribution in [3.63, 3.8) is 0 Å². The quantitative estimate of drug-likeness (QED) is 0.521. The Morgan fingerprint density at radius 2 is 1.91 bits per heavy atom. The third kappa shape index (κ3) is 3.84. The van der Waals surface area contributed by atoms with Gasteiger partial charge in [0.25, 0.3) is 0 Å². The van der Waals surface area contributed by atoms with Gasteiger partial charge in [0.1, 0.15) is 5.78 Å². The molecule has 1 N–H and O–H groups in total. The molecule has 0 aromatic heterocycles. The molecule has 5 rings (SSSR count). The molecular formula is C29H47NO2. The first-order chi connectivity index (χ1) is 15.2. The summed E-state index contributed by atoms with van der Waals surface area (Å²) in [5.41, 5.74) is 3.85. The molecule has 0 radical (unpaired) electrons. The minimum Gasteiger partial charge on any atom is -0.370 e. The van der Waals surface area contributed by atoms with Crippen LogP contribution in [0.5, 0.6) is 0 Å². The van der Waals surface area contributed by atoms with Crippen LogP contribution in [0.1, 0.15) is 98.8 Å². The van der Waals surface area contributed by atoms with E-state index in [1.54, 1.807) is 11.1 Å². The molecule has 180 valence electrons. The second-order valence-electron chi connectivity index (χ2n) is 13.1. The molecule has 0 unspecified atom stereocenters. The van der Waals surface area contributed by atoms with E-state index in [4.69, 9.17) is 4.74 Å². The lowest BCUT2D eigenvalue weighted by Crippen LogP contribution is -2.48. The van der Waals surface area contributed by atoms with E-state index < -0.39 is 0 Å². The molecule has 0 bridgehead atoms. The lowest BCUT2D eigenvalue weighted by molar-refractivity contribution is -0.137. The monoisotopic (exact) mass is 441 g/mol. The molecule has 32 heavy (non-hydrogen) atoms. The van der Waals surface area contributed by atoms with Gasteiger partial charge in [-0.3, -0.25) is 4.79 Å². The molecule has 0 amide bonds. The smallest absolute Gasteiger partial charge is 0.133 e. The van der Waals surface area contributed by atoms with Crippen molar-refractivity contribution in [3.05, 3.63) is 11.1 Å². The van der Waals surface area contributed by atoms with E-state index in [1.165, 1.54) is 38.5 Å². The maximum atomic E-state index is 12.2. The van der Waals surface area contributed by atoms with Gasteiger partial charge < -0.3 is 10.1 Å². The topological polar surface area (TPSA) is 38.3 Å². The zero-order chi connectivity index (χ0) is 22.7. The summed E-state index contributed by atoms with van der Waals surface area (Å²) < 4.78 is 7.09. The number of ether oxygens (including phenoxy) is 1. The molecular weight excluding hydrogens is 394 g/mol. The lowest BCUT2D eigenvalue weighted by atomic mass is 9.52. The van der Waals surface area contributed by atoms with E-state index in [1.807, 2.05) is 0 Å². The molecule has 0 aromatic rings. The van der Waals surface area contributed by atoms with E-state index in [0.717, 1.165) is 56.5 Å². The Hall–Kier alpha value is -0.670. The highest BCUT2D eigenvalue weighted by Crippen LogP contribution is 2.64. The first kappa shape index (κ1) is 23.1. The molecule has 0 aromatic carbocycles. The minimum absolute atomic E-state index is 0.00130. The number of hydrogen-bond donors (Lipinski definition) is 1. The van der Waals surface area contributed by atoms with Crippen LogP contribution in [0, 0.1) is 40.9 Å². The third-order valence-corrected chi connectivity index (χ3v) is 10.9. The van der Waals surface area contributed by atoms with Crippen LogP contribution >= 0.6 is 0 Å². The van der Waals surface area contributed by atoms with Gasteiger partial charge in [-0.05, 0) is 106 Å². The number of piperidine rings is 1. The number of allylic oxidation sites excluding steroid dienone is 1. The van der Waals surface area contributed by atoms with Crippen LogP contribution in [0.2, 0.25) is 0 Å². The van der Waals surface area contributed by atoms with Crippen LogP contribution in [-0.2, 0) is 9.53 Å². The standard InChI is InChI=1S/C29H47NO2/c1-18(2)29(32-23-12-19(3)16-30-17-23)11-9-24-25-7-6-21-13-22(31)8-10-28(21,5)27(25)14-26(24)20(4)15-29/h18-19,21,23-25,27,30H,6-17H2,1-5H3/t19-,21+,23+,24-,25-,27-,28-,29-/m0/s1. The van der Waals surface area contributed by atoms with Crippen LogP contribution in [0.3, 0.4) is 0 Å². The molecule has 3 heteroatoms. The summed E-state index contributed by atoms with van der Waals surface area (Å²) in [5.74, 6) is 4.84. The molecule has 3 saturated carbocycles. The van der Waals surface area contributed by atoms with Crippen LogP contribution in [0.15, 0.2) is 11.1 Å². The predicted octanol–water partition coefficient (Wildman–Crippen LogP) is 6.32. The fourth-order valence-corrected chi connectivity index (χ4v) is 8.93. The number of Topliss-reactive ketones (excluding diaryl/α,β-unsaturated/α-hetero) is 1. The maximum Gasteiger partial charge on any atom is 0.133 e. The fourth-order valence-electron chi connectivity index (χ4n) is 8.93. The van der Waals surface area contributed by atoms with E-state index >= 15 is 0 Å². The number of fused-ring (bicyclic) bond motifs is 5. The third-order valence-electron chi connectivity index (χ3n) is 10.9. The van der Waals surface area contributed by atoms with E-state index in [-0.39, 0.29) is 5.60 Å². The number of hydrogen-bond acceptors (Lipinski definition) is 3. The van der Waals surface area contributed by atoms with E-state index in [9.17, 15) is 4.79 Å². The van der Waals surface area contributed by atoms with Gasteiger partial charge in [0.2, 0.25) is 0 Å². The van der Waals surface area contributed by atoms with Gasteiger partial charge in [-0.1, -0.05) is 38.8 Å². The van der Waals surface area contributed by atoms with Crippen LogP contribution < -0.4 is 5.32 Å². The highest BCUT2D eigenvalue weighted by Gasteiger charge is 2.57. The first-order valence-electron chi connectivity index (χ1n) is 13.8. The van der Waals surface area contributed by atoms with Crippen molar-refractivity contribution in [2.75, 3.05) is 13.1 Å². The molecule has 4 aliphatic carbocycles. The molecule has 1 aliphatic heterocycles. The summed E-state index contributed by atoms with van der Waals surface area (Å²) in [6, 6.07) is 0. The molecule has 4 fully saturated rings. The van der Waals surface area contributed by atoms with Crippen LogP contribution in [0.25, 0.3) is 0 Å². The maximum absolute atomic E-state index is 12.2. The zero-order valence-electron chi connectivity index (χ0n) is 21.3. The van der Waals surface area contributed by atoms with Crippen molar-refractivity contribution in [2.45, 2.75) is 111 Å². The Bertz CT molecular complexity index is 771. The predicted molar refractivity (Wildman–Crippen MR) is 130 cm³/mol. The molecule has 3 nitrogen and oxygen atoms in total. The van der Waals surface area contributed by atoms with Gasteiger partial charge in [0.05, 0.1) is 11.7 Å². The van der Waals surface area contributed by atoms with Crippen molar-refractivity contribution in [3.8, 4) is 0 Å². The summed E-state index contributed by atoms with van der Waals surface area (Å²) in [6.07, 6.45) is 12.0. The summed E-state index contributed by atoms with van der Waals surface area (Å²) in [4.78, 5) is 12.2. The number of carbonyl (C=O) groups is 1. The van der Waals surface area contributed by atoms with Crippen LogP contribution in [-0.4, -0.2) is 30.6 Å². The van der Waals surface area contributed by atoms with Gasteiger partial charge in [-0.25, -0.2) is 0 Å². The largest absolute Gasteiger partial charge is 0.370 e. The second kappa shape index (κ2) is 8.52. The number of ketones is 1. The van der Waals surface area contributed by atoms with Gasteiger partial charge in [-0.2, -0.15) is 0 Å². The van der Waals surface area contributed by atoms with Crippen molar-refractivity contribution < 1.29 is 9.53 Å². The van der Waals surface area contributed by atoms with Crippen molar-refractivity contribution in [1.82, 2.24) is 5.32 Å². The Morgan fingerprint density at radius 3 is 2.66 bits per heavy atom. The van der Waals surface area contributed by atoms with E-state index in [2.05, 4.69) is 39.9 Å². The zero-order valence-corrected chi connectivity index (χ0v) is 21.3. The lowest BCUT2D eigenvalue weighted by Gasteiger charge is -2.52. The summed E-state index contributed by atoms with van der Waals surface area (Å²) in [6.45, 7) is 14.3. The van der Waals surface area contributed by atoms with Crippen molar-refractivity contribution in [1.29, 1.82) is 0 Å². The van der Waals surface area contributed by atoms with Gasteiger partial charge in [-0.15, -0.1) is 0 Å². The highest BCUT2D eigenvalue weighted by molar-refractivity contribution is 5.79. The Morgan fingerprint density at radius 1 is 1.09 bits per heavy atom. The average Bonchev–Trinajstić information content (AvgIpc) is 3.06. The van der Waals surface area contributed by atoms with Gasteiger partial charge in [0.15, 0.2) is 0 Å². The normalized spacial score (nSPS) is 47.1. The molecule has 5 aliphatic rings. The summed E-state index contributed by atoms with van der Waals surface area (Å²) in [7, 11) is 0. The van der Waals surface area contributed by atoms with Gasteiger partial charge >= 0.3 is 0 Å². The molecule has 1 heterocycles. The van der Waals surface area contributed by atoms with Crippen LogP contribution in [0.4, 0.5) is 0 Å². The Labute approximate surface area is 196 Å². The van der Waals surface area contributed by atoms with Gasteiger partial charge in [0, 0.05) is 19.4 Å². The Balaban J connectivity index is 1.39. The first-order valence-corrected chi connectivity index (χ1v) is 13.8. The van der Waals surface area contributed by atoms with E-state index in [0.29, 0.717) is 35.1 Å². The summed E-state index contributed by atoms with van der Waals surface area (Å²) >= 11 is 0. The average molecular weight is 442 g/mol. The Kier molecular flexibility index (Phi) is 6.15. The number of rotatable bonds is 3. The minimum atomic E-state index is -0.00130. The van der Waals surface area contributed by atoms with Crippen molar-refractivity contribution in [2.24, 2.45) is 40.9 Å². The molecule has 8 atom stereocenters. The second-order valence-corrected chi connectivity index (χ2v) is 13.1. The number of carbonyl (C=O) groups excluding carboxylic acids is 1. The van der Waals surface area contributed by atoms with Crippen molar-refractivity contribution >= 4 is 5.78 Å². The number of nitrogens with one attached hydrogen (secondary N) is 1. The summed E-state index contributed by atoms with van der Waals surface area (Å²) in [5, 5.41) is 3.61. The fraction of sp³-hybridized carbons (Fsp3) is 0.897. The highest BCUT2D eigenvalue weighted by atomic mass is 16.5. The SMILES string of the molecule is CC1=C2C[C@H]3[C@@H](CC[C@@H]4CC(=O)CC[C@@]43C)[C@@H]2CC[C@@](O[C@H]2CNC[C@@H](C)C2)(C(C)C)C1. The molecule has 0 spiro atoms. The molecule has 1 saturated heterocycles.